The van der Waals surface area contributed by atoms with Crippen LogP contribution in [0.2, 0.25) is 0 Å². The van der Waals surface area contributed by atoms with Crippen LogP contribution in [0.15, 0.2) is 22.8 Å². The van der Waals surface area contributed by atoms with E-state index >= 15 is 0 Å². The molecule has 0 saturated carbocycles. The Balaban J connectivity index is 2.04. The summed E-state index contributed by atoms with van der Waals surface area (Å²) in [5.74, 6) is -2.13. The molecule has 0 radical (unpaired) electrons. The first-order chi connectivity index (χ1) is 14.0. The number of carbonyl (C=O) groups is 4. The van der Waals surface area contributed by atoms with Crippen LogP contribution >= 0.6 is 0 Å². The number of hydrogen-bond acceptors (Lipinski definition) is 9. The molecule has 1 aliphatic carbocycles. The van der Waals surface area contributed by atoms with Gasteiger partial charge in [-0.1, -0.05) is 5.57 Å². The third kappa shape index (κ3) is 4.72. The summed E-state index contributed by atoms with van der Waals surface area (Å²) in [6, 6.07) is 0. The Labute approximate surface area is 174 Å². The van der Waals surface area contributed by atoms with Crippen LogP contribution < -0.4 is 0 Å². The second-order valence-corrected chi connectivity index (χ2v) is 8.06. The minimum absolute atomic E-state index is 0.157. The molecule has 5 atom stereocenters. The van der Waals surface area contributed by atoms with Gasteiger partial charge in [0.05, 0.1) is 5.57 Å². The molecule has 2 aliphatic heterocycles. The maximum atomic E-state index is 12.6. The van der Waals surface area contributed by atoms with Crippen molar-refractivity contribution >= 4 is 23.9 Å². The molecule has 9 nitrogen and oxygen atoms in total. The van der Waals surface area contributed by atoms with E-state index in [1.807, 2.05) is 13.8 Å². The monoisotopic (exact) mass is 422 g/mol. The van der Waals surface area contributed by atoms with Gasteiger partial charge in [0.15, 0.2) is 6.10 Å². The molecule has 1 saturated heterocycles. The van der Waals surface area contributed by atoms with Crippen LogP contribution in [0.5, 0.6) is 0 Å². The SMILES string of the molecule is CC(=O)OCC1=C2[C@@H](OC(C)=O)C/C(C)=C/[C@@H](OC(C)=O)C[C@@]3(C)O[C@H]3[C@H]2OC1=O. The molecule has 0 spiro atoms. The Morgan fingerprint density at radius 1 is 1.13 bits per heavy atom. The van der Waals surface area contributed by atoms with Crippen molar-refractivity contribution < 1.29 is 42.9 Å². The Morgan fingerprint density at radius 2 is 1.80 bits per heavy atom. The lowest BCUT2D eigenvalue weighted by Gasteiger charge is -2.26. The topological polar surface area (TPSA) is 118 Å². The summed E-state index contributed by atoms with van der Waals surface area (Å²) in [5.41, 5.74) is 0.697. The highest BCUT2D eigenvalue weighted by Gasteiger charge is 2.62. The molecule has 0 aromatic rings. The molecule has 0 aromatic carbocycles. The normalized spacial score (nSPS) is 34.6. The number of fused-ring (bicyclic) bond motifs is 3. The summed E-state index contributed by atoms with van der Waals surface area (Å²) in [6.07, 6.45) is -0.203. The maximum absolute atomic E-state index is 12.6. The fraction of sp³-hybridized carbons (Fsp3) is 0.619. The summed E-state index contributed by atoms with van der Waals surface area (Å²) in [5, 5.41) is 0. The van der Waals surface area contributed by atoms with Crippen molar-refractivity contribution in [1.29, 1.82) is 0 Å². The smallest absolute Gasteiger partial charge is 0.338 e. The Bertz CT molecular complexity index is 839. The van der Waals surface area contributed by atoms with Crippen LogP contribution in [0.4, 0.5) is 0 Å². The van der Waals surface area contributed by atoms with Crippen molar-refractivity contribution in [2.75, 3.05) is 6.61 Å². The zero-order valence-corrected chi connectivity index (χ0v) is 17.7. The van der Waals surface area contributed by atoms with Gasteiger partial charge in [-0.3, -0.25) is 14.4 Å². The second kappa shape index (κ2) is 8.22. The highest BCUT2D eigenvalue weighted by molar-refractivity contribution is 5.93. The van der Waals surface area contributed by atoms with Crippen LogP contribution in [0.3, 0.4) is 0 Å². The van der Waals surface area contributed by atoms with Gasteiger partial charge in [-0.2, -0.15) is 0 Å². The van der Waals surface area contributed by atoms with Gasteiger partial charge in [-0.05, 0) is 19.9 Å². The standard InChI is InChI=1S/C21H26O9/c1-10-6-14(27-12(3)23)8-21(5)19(30-21)18-17(16(7-10)28-13(4)24)15(20(25)29-18)9-26-11(2)22/h6,14,16,18-19H,7-9H2,1-5H3/b10-6+/t14-,16+,18+,19+,21-/m1/s1. The van der Waals surface area contributed by atoms with Crippen LogP contribution in [-0.2, 0) is 42.9 Å². The average molecular weight is 422 g/mol. The molecule has 9 heteroatoms. The molecule has 1 fully saturated rings. The van der Waals surface area contributed by atoms with E-state index in [-0.39, 0.29) is 18.6 Å². The second-order valence-electron chi connectivity index (χ2n) is 8.06. The summed E-state index contributed by atoms with van der Waals surface area (Å²) in [6.45, 7) is 7.23. The van der Waals surface area contributed by atoms with E-state index in [1.54, 1.807) is 6.08 Å². The van der Waals surface area contributed by atoms with E-state index in [9.17, 15) is 19.2 Å². The Hall–Kier alpha value is -2.68. The number of epoxide rings is 1. The van der Waals surface area contributed by atoms with E-state index in [2.05, 4.69) is 0 Å². The van der Waals surface area contributed by atoms with Crippen LogP contribution in [-0.4, -0.2) is 60.5 Å². The zero-order valence-electron chi connectivity index (χ0n) is 17.7. The van der Waals surface area contributed by atoms with E-state index in [1.165, 1.54) is 20.8 Å². The predicted octanol–water partition coefficient (Wildman–Crippen LogP) is 1.53. The number of ether oxygens (including phenoxy) is 5. The van der Waals surface area contributed by atoms with Gasteiger partial charge in [0.1, 0.15) is 30.5 Å². The van der Waals surface area contributed by atoms with Crippen molar-refractivity contribution in [2.45, 2.75) is 77.5 Å². The van der Waals surface area contributed by atoms with Gasteiger partial charge in [0, 0.05) is 39.2 Å². The third-order valence-corrected chi connectivity index (χ3v) is 5.33. The third-order valence-electron chi connectivity index (χ3n) is 5.33. The molecular formula is C21H26O9. The quantitative estimate of drug-likeness (QED) is 0.288. The van der Waals surface area contributed by atoms with Gasteiger partial charge in [-0.15, -0.1) is 0 Å². The number of hydrogen-bond donors (Lipinski definition) is 0. The molecule has 3 rings (SSSR count). The maximum Gasteiger partial charge on any atom is 0.338 e. The molecule has 0 amide bonds. The first-order valence-electron chi connectivity index (χ1n) is 9.77. The molecule has 30 heavy (non-hydrogen) atoms. The molecule has 0 aromatic heterocycles. The van der Waals surface area contributed by atoms with E-state index in [4.69, 9.17) is 23.7 Å². The van der Waals surface area contributed by atoms with Crippen LogP contribution in [0.25, 0.3) is 0 Å². The first-order valence-corrected chi connectivity index (χ1v) is 9.77. The van der Waals surface area contributed by atoms with E-state index < -0.39 is 53.9 Å². The van der Waals surface area contributed by atoms with Gasteiger partial charge in [0.2, 0.25) is 0 Å². The van der Waals surface area contributed by atoms with Gasteiger partial charge >= 0.3 is 23.9 Å². The average Bonchev–Trinajstić information content (AvgIpc) is 3.12. The van der Waals surface area contributed by atoms with Crippen molar-refractivity contribution in [2.24, 2.45) is 0 Å². The fourth-order valence-electron chi connectivity index (χ4n) is 4.10. The van der Waals surface area contributed by atoms with E-state index in [0.29, 0.717) is 12.0 Å². The van der Waals surface area contributed by atoms with Crippen molar-refractivity contribution in [1.82, 2.24) is 0 Å². The minimum atomic E-state index is -0.815. The minimum Gasteiger partial charge on any atom is -0.461 e. The van der Waals surface area contributed by atoms with Crippen molar-refractivity contribution in [3.63, 3.8) is 0 Å². The van der Waals surface area contributed by atoms with Gasteiger partial charge in [0.25, 0.3) is 0 Å². The highest BCUT2D eigenvalue weighted by Crippen LogP contribution is 2.49. The molecule has 0 N–H and O–H groups in total. The lowest BCUT2D eigenvalue weighted by molar-refractivity contribution is -0.145. The molecule has 0 unspecified atom stereocenters. The van der Waals surface area contributed by atoms with Gasteiger partial charge in [-0.25, -0.2) is 4.79 Å². The lowest BCUT2D eigenvalue weighted by Crippen LogP contribution is -2.35. The summed E-state index contributed by atoms with van der Waals surface area (Å²) < 4.78 is 27.5. The van der Waals surface area contributed by atoms with Gasteiger partial charge < -0.3 is 23.7 Å². The van der Waals surface area contributed by atoms with Crippen molar-refractivity contribution in [3.05, 3.63) is 22.8 Å². The largest absolute Gasteiger partial charge is 0.461 e. The predicted molar refractivity (Wildman–Crippen MR) is 101 cm³/mol. The molecule has 3 aliphatic rings. The fourth-order valence-corrected chi connectivity index (χ4v) is 4.10. The first kappa shape index (κ1) is 22.0. The summed E-state index contributed by atoms with van der Waals surface area (Å²) >= 11 is 0. The Kier molecular flexibility index (Phi) is 6.03. The summed E-state index contributed by atoms with van der Waals surface area (Å²) in [7, 11) is 0. The highest BCUT2D eigenvalue weighted by atomic mass is 16.7. The lowest BCUT2D eigenvalue weighted by atomic mass is 9.86. The Morgan fingerprint density at radius 3 is 2.40 bits per heavy atom. The van der Waals surface area contributed by atoms with Crippen molar-refractivity contribution in [3.8, 4) is 0 Å². The van der Waals surface area contributed by atoms with Crippen LogP contribution in [0.1, 0.15) is 47.5 Å². The number of esters is 4. The molecule has 0 bridgehead atoms. The number of carbonyl (C=O) groups excluding carboxylic acids is 4. The molecule has 2 heterocycles. The molecule has 164 valence electrons. The number of rotatable bonds is 4. The van der Waals surface area contributed by atoms with E-state index in [0.717, 1.165) is 5.57 Å². The zero-order chi connectivity index (χ0) is 22.2. The molecular weight excluding hydrogens is 396 g/mol. The van der Waals surface area contributed by atoms with Crippen LogP contribution in [0, 0.1) is 0 Å². The summed E-state index contributed by atoms with van der Waals surface area (Å²) in [4.78, 5) is 47.2.